The molecule has 0 heterocycles. The summed E-state index contributed by atoms with van der Waals surface area (Å²) in [4.78, 5) is 23.0. The molecule has 0 aliphatic carbocycles. The zero-order valence-electron chi connectivity index (χ0n) is 10.2. The van der Waals surface area contributed by atoms with Crippen LogP contribution in [-0.2, 0) is 4.79 Å². The van der Waals surface area contributed by atoms with Crippen molar-refractivity contribution in [3.8, 4) is 5.75 Å². The molecule has 0 aliphatic heterocycles. The van der Waals surface area contributed by atoms with Crippen LogP contribution in [0.25, 0.3) is 0 Å². The second-order valence-corrected chi connectivity index (χ2v) is 3.96. The van der Waals surface area contributed by atoms with E-state index >= 15 is 0 Å². The molecule has 0 amide bonds. The Morgan fingerprint density at radius 2 is 1.63 bits per heavy atom. The van der Waals surface area contributed by atoms with Gasteiger partial charge in [0.25, 0.3) is 0 Å². The predicted octanol–water partition coefficient (Wildman–Crippen LogP) is 2.98. The number of halogens is 1. The number of hydrogen-bond donors (Lipinski definition) is 0. The van der Waals surface area contributed by atoms with Crippen LogP contribution in [0.3, 0.4) is 0 Å². The van der Waals surface area contributed by atoms with E-state index in [1.807, 2.05) is 0 Å². The number of ether oxygens (including phenoxy) is 1. The summed E-state index contributed by atoms with van der Waals surface area (Å²) in [6.45, 7) is 1.28. The van der Waals surface area contributed by atoms with Crippen LogP contribution in [0.5, 0.6) is 5.75 Å². The van der Waals surface area contributed by atoms with E-state index < -0.39 is 11.8 Å². The number of rotatable bonds is 3. The molecule has 0 N–H and O–H groups in total. The molecule has 0 aromatic heterocycles. The number of esters is 1. The molecule has 96 valence electrons. The molecule has 0 saturated carbocycles. The van der Waals surface area contributed by atoms with E-state index in [9.17, 15) is 14.0 Å². The van der Waals surface area contributed by atoms with Gasteiger partial charge in [-0.2, -0.15) is 0 Å². The summed E-state index contributed by atoms with van der Waals surface area (Å²) < 4.78 is 18.0. The van der Waals surface area contributed by atoms with Gasteiger partial charge in [0.05, 0.1) is 0 Å². The lowest BCUT2D eigenvalue weighted by molar-refractivity contribution is -0.131. The highest BCUT2D eigenvalue weighted by atomic mass is 19.1. The van der Waals surface area contributed by atoms with Gasteiger partial charge in [0, 0.05) is 18.1 Å². The fourth-order valence-electron chi connectivity index (χ4n) is 1.66. The molecule has 2 aromatic rings. The predicted molar refractivity (Wildman–Crippen MR) is 67.6 cm³/mol. The Hall–Kier alpha value is -2.49. The van der Waals surface area contributed by atoms with E-state index in [-0.39, 0.29) is 17.1 Å². The van der Waals surface area contributed by atoms with Crippen LogP contribution >= 0.6 is 0 Å². The van der Waals surface area contributed by atoms with Gasteiger partial charge >= 0.3 is 5.97 Å². The third-order valence-corrected chi connectivity index (χ3v) is 2.44. The first-order chi connectivity index (χ1) is 9.06. The quantitative estimate of drug-likeness (QED) is 0.483. The van der Waals surface area contributed by atoms with Crippen molar-refractivity contribution in [2.45, 2.75) is 6.92 Å². The molecule has 0 atom stereocenters. The van der Waals surface area contributed by atoms with Crippen LogP contribution in [0.4, 0.5) is 4.39 Å². The molecule has 0 spiro atoms. The molecule has 0 unspecified atom stereocenters. The highest BCUT2D eigenvalue weighted by Gasteiger charge is 2.11. The summed E-state index contributed by atoms with van der Waals surface area (Å²) in [6, 6.07) is 11.7. The second kappa shape index (κ2) is 5.44. The largest absolute Gasteiger partial charge is 0.427 e. The lowest BCUT2D eigenvalue weighted by Gasteiger charge is -2.04. The van der Waals surface area contributed by atoms with Gasteiger partial charge in [0.2, 0.25) is 0 Å². The van der Waals surface area contributed by atoms with Gasteiger partial charge in [0.15, 0.2) is 5.78 Å². The number of carbonyl (C=O) groups is 2. The Morgan fingerprint density at radius 3 is 2.26 bits per heavy atom. The summed E-state index contributed by atoms with van der Waals surface area (Å²) in [5, 5.41) is 0. The fraction of sp³-hybridized carbons (Fsp3) is 0.0667. The van der Waals surface area contributed by atoms with Gasteiger partial charge in [0.1, 0.15) is 11.6 Å². The monoisotopic (exact) mass is 258 g/mol. The summed E-state index contributed by atoms with van der Waals surface area (Å²) in [6.07, 6.45) is 0. The van der Waals surface area contributed by atoms with Crippen molar-refractivity contribution in [3.05, 3.63) is 65.5 Å². The Morgan fingerprint density at radius 1 is 1.00 bits per heavy atom. The first-order valence-electron chi connectivity index (χ1n) is 5.65. The summed E-state index contributed by atoms with van der Waals surface area (Å²) in [7, 11) is 0. The lowest BCUT2D eigenvalue weighted by Crippen LogP contribution is -2.04. The van der Waals surface area contributed by atoms with Crippen molar-refractivity contribution in [2.75, 3.05) is 0 Å². The molecule has 19 heavy (non-hydrogen) atoms. The van der Waals surface area contributed by atoms with Crippen molar-refractivity contribution in [2.24, 2.45) is 0 Å². The van der Waals surface area contributed by atoms with Crippen LogP contribution in [0.2, 0.25) is 0 Å². The fourth-order valence-corrected chi connectivity index (χ4v) is 1.66. The molecule has 0 fully saturated rings. The van der Waals surface area contributed by atoms with E-state index in [1.54, 1.807) is 18.2 Å². The van der Waals surface area contributed by atoms with Crippen molar-refractivity contribution >= 4 is 11.8 Å². The van der Waals surface area contributed by atoms with E-state index in [0.29, 0.717) is 5.56 Å². The normalized spacial score (nSPS) is 10.0. The lowest BCUT2D eigenvalue weighted by atomic mass is 10.0. The molecule has 3 nitrogen and oxygen atoms in total. The molecular weight excluding hydrogens is 247 g/mol. The Labute approximate surface area is 109 Å². The van der Waals surface area contributed by atoms with E-state index in [2.05, 4.69) is 0 Å². The summed E-state index contributed by atoms with van der Waals surface area (Å²) in [5.74, 6) is -0.972. The molecule has 0 saturated heterocycles. The van der Waals surface area contributed by atoms with Crippen LogP contribution in [0, 0.1) is 5.82 Å². The van der Waals surface area contributed by atoms with Crippen molar-refractivity contribution in [3.63, 3.8) is 0 Å². The van der Waals surface area contributed by atoms with Crippen LogP contribution in [-0.4, -0.2) is 11.8 Å². The average Bonchev–Trinajstić information content (AvgIpc) is 2.37. The van der Waals surface area contributed by atoms with Gasteiger partial charge in [-0.15, -0.1) is 0 Å². The second-order valence-electron chi connectivity index (χ2n) is 3.96. The first kappa shape index (κ1) is 13.0. The zero-order valence-corrected chi connectivity index (χ0v) is 10.2. The minimum atomic E-state index is -0.470. The summed E-state index contributed by atoms with van der Waals surface area (Å²) in [5.41, 5.74) is 0.587. The van der Waals surface area contributed by atoms with Gasteiger partial charge in [-0.3, -0.25) is 9.59 Å². The maximum Gasteiger partial charge on any atom is 0.308 e. The Kier molecular flexibility index (Phi) is 3.71. The molecule has 2 aromatic carbocycles. The summed E-state index contributed by atoms with van der Waals surface area (Å²) >= 11 is 0. The molecule has 4 heteroatoms. The minimum absolute atomic E-state index is 0.250. The topological polar surface area (TPSA) is 43.4 Å². The number of ketones is 1. The molecule has 0 radical (unpaired) electrons. The first-order valence-corrected chi connectivity index (χ1v) is 5.65. The third-order valence-electron chi connectivity index (χ3n) is 2.44. The van der Waals surface area contributed by atoms with E-state index in [1.165, 1.54) is 37.3 Å². The zero-order chi connectivity index (χ0) is 13.8. The molecular formula is C15H11FO3. The number of benzene rings is 2. The highest BCUT2D eigenvalue weighted by molar-refractivity contribution is 6.09. The van der Waals surface area contributed by atoms with Gasteiger partial charge in [-0.05, 0) is 24.3 Å². The van der Waals surface area contributed by atoms with Crippen LogP contribution in [0.15, 0.2) is 48.5 Å². The van der Waals surface area contributed by atoms with Crippen molar-refractivity contribution < 1.29 is 18.7 Å². The Balaban J connectivity index is 2.31. The van der Waals surface area contributed by atoms with Gasteiger partial charge in [-0.1, -0.05) is 24.3 Å². The number of hydrogen-bond acceptors (Lipinski definition) is 3. The van der Waals surface area contributed by atoms with Crippen LogP contribution < -0.4 is 4.74 Å². The van der Waals surface area contributed by atoms with Crippen molar-refractivity contribution in [1.82, 2.24) is 0 Å². The number of carbonyl (C=O) groups excluding carboxylic acids is 2. The Bertz CT molecular complexity index is 635. The smallest absolute Gasteiger partial charge is 0.308 e. The van der Waals surface area contributed by atoms with Gasteiger partial charge in [-0.25, -0.2) is 4.39 Å². The highest BCUT2D eigenvalue weighted by Crippen LogP contribution is 2.17. The third kappa shape index (κ3) is 3.25. The molecule has 0 aliphatic rings. The SMILES string of the molecule is CC(=O)Oc1cccc(C(=O)c2cccc(F)c2)c1. The average molecular weight is 258 g/mol. The van der Waals surface area contributed by atoms with E-state index in [4.69, 9.17) is 4.74 Å². The maximum atomic E-state index is 13.1. The molecule has 2 rings (SSSR count). The van der Waals surface area contributed by atoms with Crippen LogP contribution in [0.1, 0.15) is 22.8 Å². The van der Waals surface area contributed by atoms with E-state index in [0.717, 1.165) is 0 Å². The minimum Gasteiger partial charge on any atom is -0.427 e. The van der Waals surface area contributed by atoms with Gasteiger partial charge < -0.3 is 4.74 Å². The van der Waals surface area contributed by atoms with Crippen molar-refractivity contribution in [1.29, 1.82) is 0 Å². The standard InChI is InChI=1S/C15H11FO3/c1-10(17)19-14-7-3-5-12(9-14)15(18)11-4-2-6-13(16)8-11/h2-9H,1H3. The molecule has 0 bridgehead atoms. The maximum absolute atomic E-state index is 13.1.